The number of amides is 2. The lowest BCUT2D eigenvalue weighted by atomic mass is 10.1. The number of rotatable bonds is 5. The van der Waals surface area contributed by atoms with E-state index >= 15 is 0 Å². The largest absolute Gasteiger partial charge is 0.368 e. The number of carbonyl (C=O) groups is 2. The molecule has 2 amide bonds. The topological polar surface area (TPSA) is 52.7 Å². The third kappa shape index (κ3) is 5.33. The van der Waals surface area contributed by atoms with Gasteiger partial charge in [0.15, 0.2) is 0 Å². The van der Waals surface area contributed by atoms with E-state index in [-0.39, 0.29) is 18.2 Å². The van der Waals surface area contributed by atoms with Gasteiger partial charge in [0.2, 0.25) is 11.8 Å². The quantitative estimate of drug-likeness (QED) is 0.829. The van der Waals surface area contributed by atoms with Crippen molar-refractivity contribution in [2.24, 2.45) is 0 Å². The Balaban J connectivity index is 1.43. The predicted octanol–water partition coefficient (Wildman–Crippen LogP) is 2.66. The highest BCUT2D eigenvalue weighted by atomic mass is 16.2. The number of nitrogens with one attached hydrogen (secondary N) is 1. The fraction of sp³-hybridized carbons (Fsp3) is 0.364. The maximum Gasteiger partial charge on any atom is 0.232 e. The summed E-state index contributed by atoms with van der Waals surface area (Å²) in [5, 5.41) is 2.83. The molecule has 0 aliphatic carbocycles. The molecule has 142 valence electrons. The van der Waals surface area contributed by atoms with E-state index in [9.17, 15) is 9.59 Å². The molecule has 1 aliphatic heterocycles. The zero-order valence-electron chi connectivity index (χ0n) is 16.1. The lowest BCUT2D eigenvalue weighted by Crippen LogP contribution is -2.49. The van der Waals surface area contributed by atoms with Crippen LogP contribution in [-0.2, 0) is 16.1 Å². The lowest BCUT2D eigenvalue weighted by molar-refractivity contribution is -0.136. The van der Waals surface area contributed by atoms with Crippen LogP contribution in [0.5, 0.6) is 0 Å². The third-order valence-electron chi connectivity index (χ3n) is 4.92. The molecule has 0 bridgehead atoms. The fourth-order valence-electron chi connectivity index (χ4n) is 3.26. The van der Waals surface area contributed by atoms with Crippen molar-refractivity contribution in [1.82, 2.24) is 10.2 Å². The van der Waals surface area contributed by atoms with Gasteiger partial charge in [-0.25, -0.2) is 0 Å². The Morgan fingerprint density at radius 1 is 0.926 bits per heavy atom. The molecule has 2 aromatic carbocycles. The fourth-order valence-corrected chi connectivity index (χ4v) is 3.26. The van der Waals surface area contributed by atoms with Gasteiger partial charge in [-0.3, -0.25) is 9.59 Å². The van der Waals surface area contributed by atoms with Crippen LogP contribution in [0.4, 0.5) is 5.69 Å². The van der Waals surface area contributed by atoms with Crippen LogP contribution in [0.15, 0.2) is 48.5 Å². The Labute approximate surface area is 161 Å². The van der Waals surface area contributed by atoms with Crippen LogP contribution in [0.25, 0.3) is 0 Å². The van der Waals surface area contributed by atoms with Crippen molar-refractivity contribution in [2.45, 2.75) is 26.8 Å². The van der Waals surface area contributed by atoms with Crippen molar-refractivity contribution in [3.05, 3.63) is 65.2 Å². The maximum absolute atomic E-state index is 12.4. The first-order chi connectivity index (χ1) is 13.0. The molecule has 0 unspecified atom stereocenters. The van der Waals surface area contributed by atoms with Crippen LogP contribution >= 0.6 is 0 Å². The smallest absolute Gasteiger partial charge is 0.232 e. The van der Waals surface area contributed by atoms with Gasteiger partial charge in [-0.2, -0.15) is 0 Å². The highest BCUT2D eigenvalue weighted by molar-refractivity contribution is 5.96. The first kappa shape index (κ1) is 19.0. The lowest BCUT2D eigenvalue weighted by Gasteiger charge is -2.36. The van der Waals surface area contributed by atoms with E-state index in [0.29, 0.717) is 19.6 Å². The number of piperazine rings is 1. The molecule has 5 nitrogen and oxygen atoms in total. The highest BCUT2D eigenvalue weighted by Gasteiger charge is 2.22. The normalized spacial score (nSPS) is 14.1. The van der Waals surface area contributed by atoms with Gasteiger partial charge < -0.3 is 15.1 Å². The molecule has 2 aromatic rings. The Morgan fingerprint density at radius 2 is 1.63 bits per heavy atom. The number of aryl methyl sites for hydroxylation is 2. The van der Waals surface area contributed by atoms with Crippen LogP contribution in [0.3, 0.4) is 0 Å². The van der Waals surface area contributed by atoms with Crippen molar-refractivity contribution in [2.75, 3.05) is 31.1 Å². The molecule has 0 saturated carbocycles. The predicted molar refractivity (Wildman–Crippen MR) is 108 cm³/mol. The van der Waals surface area contributed by atoms with E-state index in [1.807, 2.05) is 31.2 Å². The summed E-state index contributed by atoms with van der Waals surface area (Å²) in [5.41, 5.74) is 4.65. The first-order valence-electron chi connectivity index (χ1n) is 9.43. The third-order valence-corrected chi connectivity index (χ3v) is 4.92. The summed E-state index contributed by atoms with van der Waals surface area (Å²) in [7, 11) is 0. The standard InChI is InChI=1S/C22H27N3O2/c1-17-6-8-19(9-7-17)16-23-21(26)15-22(27)25-12-10-24(11-13-25)20-5-3-4-18(2)14-20/h3-9,14H,10-13,15-16H2,1-2H3,(H,23,26). The van der Waals surface area contributed by atoms with Crippen LogP contribution in [-0.4, -0.2) is 42.9 Å². The van der Waals surface area contributed by atoms with Gasteiger partial charge in [0, 0.05) is 38.4 Å². The number of anilines is 1. The first-order valence-corrected chi connectivity index (χ1v) is 9.43. The molecule has 5 heteroatoms. The van der Waals surface area contributed by atoms with Crippen molar-refractivity contribution >= 4 is 17.5 Å². The Hall–Kier alpha value is -2.82. The summed E-state index contributed by atoms with van der Waals surface area (Å²) in [6.45, 7) is 7.45. The van der Waals surface area contributed by atoms with E-state index in [2.05, 4.69) is 41.4 Å². The second-order valence-electron chi connectivity index (χ2n) is 7.15. The van der Waals surface area contributed by atoms with E-state index in [4.69, 9.17) is 0 Å². The Morgan fingerprint density at radius 3 is 2.30 bits per heavy atom. The SMILES string of the molecule is Cc1ccc(CNC(=O)CC(=O)N2CCN(c3cccc(C)c3)CC2)cc1. The van der Waals surface area contributed by atoms with Crippen molar-refractivity contribution in [3.63, 3.8) is 0 Å². The molecule has 0 spiro atoms. The number of hydrogen-bond donors (Lipinski definition) is 1. The van der Waals surface area contributed by atoms with Crippen LogP contribution in [0.1, 0.15) is 23.1 Å². The Bertz CT molecular complexity index is 793. The minimum atomic E-state index is -0.221. The van der Waals surface area contributed by atoms with Crippen LogP contribution in [0.2, 0.25) is 0 Å². The van der Waals surface area contributed by atoms with Gasteiger partial charge in [-0.15, -0.1) is 0 Å². The summed E-state index contributed by atoms with van der Waals surface area (Å²) in [4.78, 5) is 28.6. The van der Waals surface area contributed by atoms with E-state index in [1.165, 1.54) is 16.8 Å². The summed E-state index contributed by atoms with van der Waals surface area (Å²) < 4.78 is 0. The van der Waals surface area contributed by atoms with Gasteiger partial charge >= 0.3 is 0 Å². The molecular weight excluding hydrogens is 338 g/mol. The molecule has 27 heavy (non-hydrogen) atoms. The minimum Gasteiger partial charge on any atom is -0.368 e. The number of nitrogens with zero attached hydrogens (tertiary/aromatic N) is 2. The maximum atomic E-state index is 12.4. The average molecular weight is 365 g/mol. The molecule has 3 rings (SSSR count). The molecule has 1 fully saturated rings. The molecule has 0 atom stereocenters. The van der Waals surface area contributed by atoms with Gasteiger partial charge in [0.1, 0.15) is 6.42 Å². The summed E-state index contributed by atoms with van der Waals surface area (Å²) in [6.07, 6.45) is -0.0870. The summed E-state index contributed by atoms with van der Waals surface area (Å²) >= 11 is 0. The minimum absolute atomic E-state index is 0.0870. The van der Waals surface area contributed by atoms with Crippen LogP contribution < -0.4 is 10.2 Å². The van der Waals surface area contributed by atoms with Crippen LogP contribution in [0, 0.1) is 13.8 Å². The Kier molecular flexibility index (Phi) is 6.12. The van der Waals surface area contributed by atoms with E-state index in [1.54, 1.807) is 4.90 Å². The van der Waals surface area contributed by atoms with E-state index < -0.39 is 0 Å². The van der Waals surface area contributed by atoms with Gasteiger partial charge in [-0.1, -0.05) is 42.0 Å². The second-order valence-corrected chi connectivity index (χ2v) is 7.15. The molecular formula is C22H27N3O2. The van der Waals surface area contributed by atoms with Crippen molar-refractivity contribution < 1.29 is 9.59 Å². The highest BCUT2D eigenvalue weighted by Crippen LogP contribution is 2.18. The number of carbonyl (C=O) groups excluding carboxylic acids is 2. The van der Waals surface area contributed by atoms with E-state index in [0.717, 1.165) is 18.7 Å². The van der Waals surface area contributed by atoms with Gasteiger partial charge in [0.25, 0.3) is 0 Å². The molecule has 1 heterocycles. The summed E-state index contributed by atoms with van der Waals surface area (Å²) in [6, 6.07) is 16.4. The van der Waals surface area contributed by atoms with Crippen molar-refractivity contribution in [1.29, 1.82) is 0 Å². The number of benzene rings is 2. The monoisotopic (exact) mass is 365 g/mol. The van der Waals surface area contributed by atoms with Gasteiger partial charge in [0.05, 0.1) is 0 Å². The molecule has 0 aromatic heterocycles. The summed E-state index contributed by atoms with van der Waals surface area (Å²) in [5.74, 6) is -0.318. The molecule has 1 saturated heterocycles. The second kappa shape index (κ2) is 8.71. The molecule has 0 radical (unpaired) electrons. The average Bonchev–Trinajstić information content (AvgIpc) is 2.67. The zero-order valence-corrected chi connectivity index (χ0v) is 16.1. The van der Waals surface area contributed by atoms with Gasteiger partial charge in [-0.05, 0) is 37.1 Å². The molecule has 1 aliphatic rings. The number of hydrogen-bond acceptors (Lipinski definition) is 3. The van der Waals surface area contributed by atoms with Crippen molar-refractivity contribution in [3.8, 4) is 0 Å². The molecule has 1 N–H and O–H groups in total. The zero-order chi connectivity index (χ0) is 19.2.